The van der Waals surface area contributed by atoms with Crippen molar-refractivity contribution in [2.75, 3.05) is 30.0 Å². The highest BCUT2D eigenvalue weighted by atomic mass is 16.6. The van der Waals surface area contributed by atoms with E-state index in [2.05, 4.69) is 5.32 Å². The lowest BCUT2D eigenvalue weighted by atomic mass is 9.81. The van der Waals surface area contributed by atoms with Gasteiger partial charge in [0.05, 0.1) is 22.4 Å². The van der Waals surface area contributed by atoms with E-state index >= 15 is 0 Å². The fourth-order valence-electron chi connectivity index (χ4n) is 3.92. The number of hydrogen-bond acceptors (Lipinski definition) is 6. The van der Waals surface area contributed by atoms with E-state index in [0.717, 1.165) is 24.2 Å². The molecule has 3 rings (SSSR count). The van der Waals surface area contributed by atoms with Crippen LogP contribution in [0.1, 0.15) is 39.0 Å². The lowest BCUT2D eigenvalue weighted by molar-refractivity contribution is -0.383. The van der Waals surface area contributed by atoms with Crippen molar-refractivity contribution < 1.29 is 19.2 Å². The first-order chi connectivity index (χ1) is 13.0. The molecule has 0 spiro atoms. The number of rotatable bonds is 8. The van der Waals surface area contributed by atoms with Crippen molar-refractivity contribution in [1.82, 2.24) is 0 Å². The fourth-order valence-corrected chi connectivity index (χ4v) is 3.92. The number of carbonyl (C=O) groups excluding carboxylic acids is 2. The molecule has 8 heteroatoms. The predicted molar refractivity (Wildman–Crippen MR) is 101 cm³/mol. The van der Waals surface area contributed by atoms with E-state index in [1.54, 1.807) is 12.1 Å². The Kier molecular flexibility index (Phi) is 6.05. The minimum atomic E-state index is -0.494. The number of nitro benzene ring substituents is 1. The minimum absolute atomic E-state index is 0.139. The largest absolute Gasteiger partial charge is 0.382 e. The number of nitro groups is 1. The first kappa shape index (κ1) is 19.3. The molecule has 2 fully saturated rings. The number of fused-ring (bicyclic) bond motifs is 1. The SMILES string of the molecule is CCOCCCNc1ccc(N2C(=O)[C@H]3CCCC[C@H]3C2=O)cc1[N+](=O)[O-]. The molecule has 0 unspecified atom stereocenters. The van der Waals surface area contributed by atoms with Gasteiger partial charge in [0.2, 0.25) is 11.8 Å². The number of ether oxygens (including phenoxy) is 1. The third-order valence-electron chi connectivity index (χ3n) is 5.26. The molecule has 0 radical (unpaired) electrons. The van der Waals surface area contributed by atoms with Gasteiger partial charge in [0.15, 0.2) is 0 Å². The summed E-state index contributed by atoms with van der Waals surface area (Å²) in [6.07, 6.45) is 4.04. The Morgan fingerprint density at radius 3 is 2.48 bits per heavy atom. The maximum absolute atomic E-state index is 12.7. The van der Waals surface area contributed by atoms with Crippen LogP contribution in [0, 0.1) is 22.0 Å². The van der Waals surface area contributed by atoms with Crippen LogP contribution in [0.15, 0.2) is 18.2 Å². The van der Waals surface area contributed by atoms with Crippen molar-refractivity contribution in [3.8, 4) is 0 Å². The van der Waals surface area contributed by atoms with E-state index in [1.165, 1.54) is 6.07 Å². The summed E-state index contributed by atoms with van der Waals surface area (Å²) in [7, 11) is 0. The molecule has 8 nitrogen and oxygen atoms in total. The van der Waals surface area contributed by atoms with E-state index in [0.29, 0.717) is 38.3 Å². The number of hydrogen-bond donors (Lipinski definition) is 1. The number of nitrogens with one attached hydrogen (secondary N) is 1. The average Bonchev–Trinajstić information content (AvgIpc) is 2.93. The summed E-state index contributed by atoms with van der Waals surface area (Å²) in [5.41, 5.74) is 0.516. The van der Waals surface area contributed by atoms with E-state index in [4.69, 9.17) is 4.74 Å². The molecule has 0 bridgehead atoms. The molecule has 1 saturated heterocycles. The highest BCUT2D eigenvalue weighted by molar-refractivity contribution is 6.22. The lowest BCUT2D eigenvalue weighted by Gasteiger charge is -2.19. The first-order valence-electron chi connectivity index (χ1n) is 9.52. The topological polar surface area (TPSA) is 102 Å². The monoisotopic (exact) mass is 375 g/mol. The standard InChI is InChI=1S/C19H25N3O5/c1-2-27-11-5-10-20-16-9-8-13(12-17(16)22(25)26)21-18(23)14-6-3-4-7-15(14)19(21)24/h8-9,12,14-15,20H,2-7,10-11H2,1H3/t14-,15+. The van der Waals surface area contributed by atoms with Gasteiger partial charge in [-0.15, -0.1) is 0 Å². The van der Waals surface area contributed by atoms with Gasteiger partial charge in [-0.05, 0) is 38.3 Å². The summed E-state index contributed by atoms with van der Waals surface area (Å²) in [4.78, 5) is 37.5. The molecule has 146 valence electrons. The minimum Gasteiger partial charge on any atom is -0.382 e. The van der Waals surface area contributed by atoms with E-state index in [-0.39, 0.29) is 35.0 Å². The van der Waals surface area contributed by atoms with Gasteiger partial charge >= 0.3 is 0 Å². The second-order valence-corrected chi connectivity index (χ2v) is 6.95. The lowest BCUT2D eigenvalue weighted by Crippen LogP contribution is -2.30. The Morgan fingerprint density at radius 1 is 1.22 bits per heavy atom. The number of benzene rings is 1. The average molecular weight is 375 g/mol. The Balaban J connectivity index is 1.78. The smallest absolute Gasteiger partial charge is 0.294 e. The van der Waals surface area contributed by atoms with Crippen molar-refractivity contribution in [3.05, 3.63) is 28.3 Å². The van der Waals surface area contributed by atoms with Crippen molar-refractivity contribution in [3.63, 3.8) is 0 Å². The van der Waals surface area contributed by atoms with Crippen molar-refractivity contribution in [2.24, 2.45) is 11.8 Å². The Bertz CT molecular complexity index is 712. The van der Waals surface area contributed by atoms with Crippen LogP contribution in [0.3, 0.4) is 0 Å². The fraction of sp³-hybridized carbons (Fsp3) is 0.579. The number of amides is 2. The summed E-state index contributed by atoms with van der Waals surface area (Å²) >= 11 is 0. The van der Waals surface area contributed by atoms with Crippen LogP contribution >= 0.6 is 0 Å². The van der Waals surface area contributed by atoms with Gasteiger partial charge in [-0.3, -0.25) is 19.7 Å². The van der Waals surface area contributed by atoms with Gasteiger partial charge in [-0.25, -0.2) is 4.90 Å². The van der Waals surface area contributed by atoms with Crippen LogP contribution in [-0.4, -0.2) is 36.5 Å². The van der Waals surface area contributed by atoms with Crippen LogP contribution in [-0.2, 0) is 14.3 Å². The molecule has 1 saturated carbocycles. The molecule has 27 heavy (non-hydrogen) atoms. The third-order valence-corrected chi connectivity index (χ3v) is 5.26. The van der Waals surface area contributed by atoms with Crippen LogP contribution in [0.2, 0.25) is 0 Å². The van der Waals surface area contributed by atoms with Crippen LogP contribution in [0.4, 0.5) is 17.1 Å². The molecule has 1 aromatic carbocycles. The van der Waals surface area contributed by atoms with Gasteiger partial charge < -0.3 is 10.1 Å². The molecule has 2 atom stereocenters. The van der Waals surface area contributed by atoms with Crippen molar-refractivity contribution in [1.29, 1.82) is 0 Å². The summed E-state index contributed by atoms with van der Waals surface area (Å²) in [6.45, 7) is 3.66. The quantitative estimate of drug-likeness (QED) is 0.324. The molecule has 1 heterocycles. The maximum atomic E-state index is 12.7. The van der Waals surface area contributed by atoms with E-state index in [1.807, 2.05) is 6.92 Å². The summed E-state index contributed by atoms with van der Waals surface area (Å²) < 4.78 is 5.25. The molecule has 1 aliphatic heterocycles. The number of carbonyl (C=O) groups is 2. The Morgan fingerprint density at radius 2 is 1.89 bits per heavy atom. The second kappa shape index (κ2) is 8.47. The molecule has 1 aliphatic carbocycles. The zero-order valence-electron chi connectivity index (χ0n) is 15.5. The maximum Gasteiger partial charge on any atom is 0.294 e. The highest BCUT2D eigenvalue weighted by Crippen LogP contribution is 2.41. The highest BCUT2D eigenvalue weighted by Gasteiger charge is 2.49. The predicted octanol–water partition coefficient (Wildman–Crippen LogP) is 3.11. The van der Waals surface area contributed by atoms with Crippen molar-refractivity contribution >= 4 is 28.9 Å². The molecule has 0 aromatic heterocycles. The van der Waals surface area contributed by atoms with Crippen LogP contribution in [0.25, 0.3) is 0 Å². The Hall–Kier alpha value is -2.48. The molecular formula is C19H25N3O5. The molecule has 2 amide bonds. The molecular weight excluding hydrogens is 350 g/mol. The molecule has 2 aliphatic rings. The zero-order valence-corrected chi connectivity index (χ0v) is 15.5. The summed E-state index contributed by atoms with van der Waals surface area (Å²) in [5, 5.41) is 14.5. The number of imide groups is 1. The second-order valence-electron chi connectivity index (χ2n) is 6.95. The molecule has 1 N–H and O–H groups in total. The zero-order chi connectivity index (χ0) is 19.4. The van der Waals surface area contributed by atoms with Gasteiger partial charge in [0.25, 0.3) is 5.69 Å². The number of anilines is 2. The van der Waals surface area contributed by atoms with E-state index < -0.39 is 4.92 Å². The summed E-state index contributed by atoms with van der Waals surface area (Å²) in [5.74, 6) is -1.00. The Labute approximate surface area is 158 Å². The first-order valence-corrected chi connectivity index (χ1v) is 9.52. The summed E-state index contributed by atoms with van der Waals surface area (Å²) in [6, 6.07) is 4.49. The number of nitrogens with zero attached hydrogens (tertiary/aromatic N) is 2. The van der Waals surface area contributed by atoms with Gasteiger partial charge in [0, 0.05) is 25.8 Å². The normalized spacial score (nSPS) is 22.0. The van der Waals surface area contributed by atoms with Crippen LogP contribution in [0.5, 0.6) is 0 Å². The van der Waals surface area contributed by atoms with E-state index in [9.17, 15) is 19.7 Å². The molecule has 1 aromatic rings. The van der Waals surface area contributed by atoms with Gasteiger partial charge in [-0.2, -0.15) is 0 Å². The third kappa shape index (κ3) is 3.95. The van der Waals surface area contributed by atoms with Gasteiger partial charge in [0.1, 0.15) is 5.69 Å². The van der Waals surface area contributed by atoms with Crippen molar-refractivity contribution in [2.45, 2.75) is 39.0 Å². The van der Waals surface area contributed by atoms with Gasteiger partial charge in [-0.1, -0.05) is 12.8 Å². The van der Waals surface area contributed by atoms with Crippen LogP contribution < -0.4 is 10.2 Å².